The molecule has 2 aromatic rings. The Bertz CT molecular complexity index is 864. The molecule has 0 fully saturated rings. The number of nitriles is 2. The van der Waals surface area contributed by atoms with Crippen molar-refractivity contribution in [2.24, 2.45) is 5.92 Å². The zero-order valence-corrected chi connectivity index (χ0v) is 17.1. The van der Waals surface area contributed by atoms with Gasteiger partial charge in [0.25, 0.3) is 0 Å². The third-order valence-corrected chi connectivity index (χ3v) is 3.99. The van der Waals surface area contributed by atoms with Gasteiger partial charge in [-0.25, -0.2) is 4.68 Å². The summed E-state index contributed by atoms with van der Waals surface area (Å²) < 4.78 is 7.73. The monoisotopic (exact) mass is 376 g/mol. The van der Waals surface area contributed by atoms with Crippen molar-refractivity contribution in [1.29, 1.82) is 10.5 Å². The summed E-state index contributed by atoms with van der Waals surface area (Å²) in [5.41, 5.74) is 3.58. The minimum atomic E-state index is 0.00463. The summed E-state index contributed by atoms with van der Waals surface area (Å²) >= 11 is 0. The molecule has 0 saturated heterocycles. The first kappa shape index (κ1) is 22.7. The molecule has 1 aromatic heterocycles. The maximum atomic E-state index is 8.91. The molecule has 1 atom stereocenters. The summed E-state index contributed by atoms with van der Waals surface area (Å²) in [6.45, 7) is 11.4. The Morgan fingerprint density at radius 1 is 1.18 bits per heavy atom. The summed E-state index contributed by atoms with van der Waals surface area (Å²) in [5, 5.41) is 21.6. The average molecular weight is 377 g/mol. The van der Waals surface area contributed by atoms with Crippen LogP contribution < -0.4 is 4.74 Å². The van der Waals surface area contributed by atoms with Crippen LogP contribution in [-0.2, 0) is 12.8 Å². The van der Waals surface area contributed by atoms with Gasteiger partial charge in [-0.15, -0.1) is 6.58 Å². The number of aryl methyl sites for hydroxylation is 1. The normalized spacial score (nSPS) is 11.1. The van der Waals surface area contributed by atoms with Crippen LogP contribution >= 0.6 is 0 Å². The van der Waals surface area contributed by atoms with Gasteiger partial charge in [-0.05, 0) is 56.5 Å². The second kappa shape index (κ2) is 12.1. The Labute approximate surface area is 168 Å². The first-order valence-corrected chi connectivity index (χ1v) is 9.51. The van der Waals surface area contributed by atoms with Crippen molar-refractivity contribution in [2.45, 2.75) is 47.0 Å². The lowest BCUT2D eigenvalue weighted by Gasteiger charge is -2.07. The standard InChI is InChI=1S/C18H21N3O.C5H7N/c1-4-7-12-22-18-16(5-2)20-21(17(18)6-3)15-10-8-14(13-19)9-11-15;1-3-5(2)4-6/h7-12H,4-6H2,1-3H3;3,5H,1H2,2H3/b12-7+;. The molecule has 146 valence electrons. The molecule has 0 radical (unpaired) electrons. The molecule has 0 amide bonds. The van der Waals surface area contributed by atoms with Crippen molar-refractivity contribution in [3.8, 4) is 23.6 Å². The molecule has 0 aliphatic rings. The van der Waals surface area contributed by atoms with Crippen LogP contribution in [0.2, 0.25) is 0 Å². The fraction of sp³-hybridized carbons (Fsp3) is 0.348. The maximum absolute atomic E-state index is 8.91. The maximum Gasteiger partial charge on any atom is 0.171 e. The van der Waals surface area contributed by atoms with E-state index in [0.29, 0.717) is 5.56 Å². The number of benzene rings is 1. The van der Waals surface area contributed by atoms with Gasteiger partial charge in [0.2, 0.25) is 0 Å². The van der Waals surface area contributed by atoms with E-state index in [-0.39, 0.29) is 5.92 Å². The second-order valence-corrected chi connectivity index (χ2v) is 6.05. The number of aromatic nitrogens is 2. The quantitative estimate of drug-likeness (QED) is 0.472. The van der Waals surface area contributed by atoms with Gasteiger partial charge in [0.05, 0.1) is 41.3 Å². The topological polar surface area (TPSA) is 74.6 Å². The van der Waals surface area contributed by atoms with Crippen LogP contribution in [0.3, 0.4) is 0 Å². The lowest BCUT2D eigenvalue weighted by molar-refractivity contribution is 0.467. The van der Waals surface area contributed by atoms with Crippen LogP contribution in [-0.4, -0.2) is 9.78 Å². The highest BCUT2D eigenvalue weighted by Crippen LogP contribution is 2.28. The molecule has 0 saturated carbocycles. The van der Waals surface area contributed by atoms with Gasteiger partial charge in [0, 0.05) is 0 Å². The largest absolute Gasteiger partial charge is 0.461 e. The number of nitrogens with zero attached hydrogens (tertiary/aromatic N) is 4. The predicted molar refractivity (Wildman–Crippen MR) is 112 cm³/mol. The molecule has 0 spiro atoms. The molecule has 28 heavy (non-hydrogen) atoms. The zero-order chi connectivity index (χ0) is 20.9. The van der Waals surface area contributed by atoms with E-state index < -0.39 is 0 Å². The van der Waals surface area contributed by atoms with E-state index in [4.69, 9.17) is 15.3 Å². The van der Waals surface area contributed by atoms with Crippen LogP contribution in [0.15, 0.2) is 49.3 Å². The number of rotatable bonds is 7. The lowest BCUT2D eigenvalue weighted by Crippen LogP contribution is -2.02. The van der Waals surface area contributed by atoms with Crippen LogP contribution in [0.4, 0.5) is 0 Å². The van der Waals surface area contributed by atoms with Crippen LogP contribution in [0.1, 0.15) is 51.1 Å². The highest BCUT2D eigenvalue weighted by molar-refractivity contribution is 5.44. The van der Waals surface area contributed by atoms with Crippen molar-refractivity contribution in [2.75, 3.05) is 0 Å². The number of hydrogen-bond donors (Lipinski definition) is 0. The van der Waals surface area contributed by atoms with E-state index >= 15 is 0 Å². The SMILES string of the molecule is C=CC(C)C#N.CC/C=C/Oc1c(CC)nn(-c2ccc(C#N)cc2)c1CC. The van der Waals surface area contributed by atoms with Crippen molar-refractivity contribution < 1.29 is 4.74 Å². The molecule has 0 aliphatic carbocycles. The smallest absolute Gasteiger partial charge is 0.171 e. The molecule has 1 unspecified atom stereocenters. The highest BCUT2D eigenvalue weighted by Gasteiger charge is 2.17. The van der Waals surface area contributed by atoms with Gasteiger partial charge >= 0.3 is 0 Å². The van der Waals surface area contributed by atoms with Crippen LogP contribution in [0, 0.1) is 28.6 Å². The summed E-state index contributed by atoms with van der Waals surface area (Å²) in [7, 11) is 0. The molecule has 1 aromatic carbocycles. The fourth-order valence-electron chi connectivity index (χ4n) is 2.32. The fourth-order valence-corrected chi connectivity index (χ4v) is 2.32. The van der Waals surface area contributed by atoms with Gasteiger partial charge in [0.15, 0.2) is 5.75 Å². The Kier molecular flexibility index (Phi) is 9.86. The van der Waals surface area contributed by atoms with Crippen LogP contribution in [0.25, 0.3) is 5.69 Å². The molecule has 0 bridgehead atoms. The minimum absolute atomic E-state index is 0.00463. The van der Waals surface area contributed by atoms with Crippen molar-refractivity contribution in [3.05, 3.63) is 66.2 Å². The van der Waals surface area contributed by atoms with Gasteiger partial charge < -0.3 is 4.74 Å². The number of hydrogen-bond acceptors (Lipinski definition) is 4. The van der Waals surface area contributed by atoms with E-state index in [1.807, 2.05) is 29.0 Å². The Morgan fingerprint density at radius 2 is 1.86 bits per heavy atom. The van der Waals surface area contributed by atoms with Gasteiger partial charge in [-0.3, -0.25) is 0 Å². The Balaban J connectivity index is 0.000000568. The molecule has 5 heteroatoms. The third-order valence-electron chi connectivity index (χ3n) is 3.99. The van der Waals surface area contributed by atoms with Gasteiger partial charge in [-0.2, -0.15) is 15.6 Å². The lowest BCUT2D eigenvalue weighted by atomic mass is 10.2. The third kappa shape index (κ3) is 6.14. The molecule has 1 heterocycles. The Hall–Kier alpha value is -3.31. The van der Waals surface area contributed by atoms with E-state index in [1.54, 1.807) is 31.4 Å². The van der Waals surface area contributed by atoms with E-state index in [0.717, 1.165) is 42.1 Å². The van der Waals surface area contributed by atoms with Gasteiger partial charge in [-0.1, -0.05) is 26.8 Å². The minimum Gasteiger partial charge on any atom is -0.461 e. The summed E-state index contributed by atoms with van der Waals surface area (Å²) in [5.74, 6) is 0.851. The molecule has 0 N–H and O–H groups in total. The van der Waals surface area contributed by atoms with Crippen molar-refractivity contribution >= 4 is 0 Å². The number of ether oxygens (including phenoxy) is 1. The van der Waals surface area contributed by atoms with E-state index in [2.05, 4.69) is 38.5 Å². The van der Waals surface area contributed by atoms with Gasteiger partial charge in [0.1, 0.15) is 5.69 Å². The predicted octanol–water partition coefficient (Wildman–Crippen LogP) is 5.50. The first-order valence-electron chi connectivity index (χ1n) is 9.51. The molecule has 5 nitrogen and oxygen atoms in total. The number of allylic oxidation sites excluding steroid dienone is 2. The molecule has 2 rings (SSSR count). The van der Waals surface area contributed by atoms with Crippen molar-refractivity contribution in [3.63, 3.8) is 0 Å². The second-order valence-electron chi connectivity index (χ2n) is 6.05. The van der Waals surface area contributed by atoms with Crippen molar-refractivity contribution in [1.82, 2.24) is 9.78 Å². The molecule has 0 aliphatic heterocycles. The highest BCUT2D eigenvalue weighted by atomic mass is 16.5. The van der Waals surface area contributed by atoms with Crippen LogP contribution in [0.5, 0.6) is 5.75 Å². The first-order chi connectivity index (χ1) is 13.6. The average Bonchev–Trinajstić information content (AvgIpc) is 3.11. The molecular formula is C23H28N4O. The molecular weight excluding hydrogens is 348 g/mol. The summed E-state index contributed by atoms with van der Waals surface area (Å²) in [6.07, 6.45) is 7.90. The van der Waals surface area contributed by atoms with E-state index in [9.17, 15) is 0 Å². The Morgan fingerprint density at radius 3 is 2.29 bits per heavy atom. The zero-order valence-electron chi connectivity index (χ0n) is 17.1. The summed E-state index contributed by atoms with van der Waals surface area (Å²) in [6, 6.07) is 11.6. The summed E-state index contributed by atoms with van der Waals surface area (Å²) in [4.78, 5) is 0. The van der Waals surface area contributed by atoms with E-state index in [1.165, 1.54) is 0 Å².